The van der Waals surface area contributed by atoms with Crippen molar-refractivity contribution in [3.05, 3.63) is 72.4 Å². The van der Waals surface area contributed by atoms with Gasteiger partial charge in [-0.2, -0.15) is 0 Å². The molecule has 31 heavy (non-hydrogen) atoms. The van der Waals surface area contributed by atoms with Gasteiger partial charge in [-0.15, -0.1) is 0 Å². The van der Waals surface area contributed by atoms with E-state index in [0.717, 1.165) is 54.1 Å². The first kappa shape index (κ1) is 20.9. The zero-order valence-corrected chi connectivity index (χ0v) is 17.8. The van der Waals surface area contributed by atoms with Gasteiger partial charge in [0, 0.05) is 29.9 Å². The lowest BCUT2D eigenvalue weighted by Crippen LogP contribution is -2.16. The van der Waals surface area contributed by atoms with E-state index in [9.17, 15) is 4.79 Å². The number of nitrogens with one attached hydrogen (secondary N) is 1. The normalized spacial score (nSPS) is 18.4. The van der Waals surface area contributed by atoms with Gasteiger partial charge in [-0.05, 0) is 72.9 Å². The fourth-order valence-electron chi connectivity index (χ4n) is 4.38. The van der Waals surface area contributed by atoms with E-state index in [1.165, 1.54) is 5.56 Å². The standard InChI is InChI=1S/C26H28N2O3/c1-31-24-4-2-3-23(16-24)28-25-14-13-22(17-27-25)21-11-9-20(10-12-21)19-7-5-18(6-8-19)15-26(29)30/h2-4,9-14,16-19H,5-8,15H2,1H3,(H,27,28)(H,29,30). The predicted octanol–water partition coefficient (Wildman–Crippen LogP) is 6.25. The van der Waals surface area contributed by atoms with Crippen LogP contribution in [0.3, 0.4) is 0 Å². The monoisotopic (exact) mass is 416 g/mol. The number of benzene rings is 2. The highest BCUT2D eigenvalue weighted by atomic mass is 16.5. The number of aliphatic carboxylic acids is 1. The molecule has 0 unspecified atom stereocenters. The summed E-state index contributed by atoms with van der Waals surface area (Å²) < 4.78 is 5.26. The molecule has 0 bridgehead atoms. The number of rotatable bonds is 7. The van der Waals surface area contributed by atoms with Gasteiger partial charge in [0.2, 0.25) is 0 Å². The number of methoxy groups -OCH3 is 1. The molecular weight excluding hydrogens is 388 g/mol. The Morgan fingerprint density at radius 3 is 2.42 bits per heavy atom. The molecule has 0 radical (unpaired) electrons. The second-order valence-corrected chi connectivity index (χ2v) is 8.23. The van der Waals surface area contributed by atoms with Crippen molar-refractivity contribution >= 4 is 17.5 Å². The largest absolute Gasteiger partial charge is 0.497 e. The number of aromatic nitrogens is 1. The van der Waals surface area contributed by atoms with E-state index < -0.39 is 5.97 Å². The zero-order chi connectivity index (χ0) is 21.6. The Morgan fingerprint density at radius 1 is 1.03 bits per heavy atom. The lowest BCUT2D eigenvalue weighted by Gasteiger charge is -2.28. The van der Waals surface area contributed by atoms with Crippen LogP contribution in [-0.4, -0.2) is 23.2 Å². The molecule has 2 N–H and O–H groups in total. The third kappa shape index (κ3) is 5.43. The maximum Gasteiger partial charge on any atom is 0.303 e. The minimum Gasteiger partial charge on any atom is -0.497 e. The Kier molecular flexibility index (Phi) is 6.51. The Hall–Kier alpha value is -3.34. The molecule has 0 amide bonds. The minimum atomic E-state index is -0.675. The molecular formula is C26H28N2O3. The summed E-state index contributed by atoms with van der Waals surface area (Å²) in [5.41, 5.74) is 4.50. The number of anilines is 2. The van der Waals surface area contributed by atoms with Crippen molar-refractivity contribution in [3.63, 3.8) is 0 Å². The second-order valence-electron chi connectivity index (χ2n) is 8.23. The van der Waals surface area contributed by atoms with Crippen molar-refractivity contribution in [1.29, 1.82) is 0 Å². The summed E-state index contributed by atoms with van der Waals surface area (Å²) in [5, 5.41) is 12.3. The summed E-state index contributed by atoms with van der Waals surface area (Å²) in [6, 6.07) is 20.5. The molecule has 4 rings (SSSR count). The van der Waals surface area contributed by atoms with Gasteiger partial charge < -0.3 is 15.2 Å². The lowest BCUT2D eigenvalue weighted by atomic mass is 9.77. The molecule has 1 fully saturated rings. The molecule has 2 aromatic carbocycles. The highest BCUT2D eigenvalue weighted by Gasteiger charge is 2.23. The van der Waals surface area contributed by atoms with E-state index >= 15 is 0 Å². The van der Waals surface area contributed by atoms with Crippen molar-refractivity contribution in [2.24, 2.45) is 5.92 Å². The number of nitrogens with zero attached hydrogens (tertiary/aromatic N) is 1. The Bertz CT molecular complexity index is 1010. The first-order valence-electron chi connectivity index (χ1n) is 10.8. The topological polar surface area (TPSA) is 71.5 Å². The van der Waals surface area contributed by atoms with E-state index in [0.29, 0.717) is 18.3 Å². The van der Waals surface area contributed by atoms with Gasteiger partial charge in [0.25, 0.3) is 0 Å². The Morgan fingerprint density at radius 2 is 1.77 bits per heavy atom. The van der Waals surface area contributed by atoms with Gasteiger partial charge in [-0.1, -0.05) is 30.3 Å². The van der Waals surface area contributed by atoms with Crippen LogP contribution in [0.2, 0.25) is 0 Å². The van der Waals surface area contributed by atoms with E-state index in [2.05, 4.69) is 40.6 Å². The molecule has 5 nitrogen and oxygen atoms in total. The number of ether oxygens (including phenoxy) is 1. The van der Waals surface area contributed by atoms with E-state index in [1.807, 2.05) is 36.5 Å². The van der Waals surface area contributed by atoms with Crippen LogP contribution in [0.5, 0.6) is 5.75 Å². The lowest BCUT2D eigenvalue weighted by molar-refractivity contribution is -0.138. The molecule has 0 aliphatic heterocycles. The SMILES string of the molecule is COc1cccc(Nc2ccc(-c3ccc(C4CCC(CC(=O)O)CC4)cc3)cn2)c1. The van der Waals surface area contributed by atoms with Crippen LogP contribution in [0.15, 0.2) is 66.9 Å². The van der Waals surface area contributed by atoms with E-state index in [1.54, 1.807) is 7.11 Å². The van der Waals surface area contributed by atoms with Crippen LogP contribution in [0.4, 0.5) is 11.5 Å². The third-order valence-corrected chi connectivity index (χ3v) is 6.13. The predicted molar refractivity (Wildman–Crippen MR) is 123 cm³/mol. The molecule has 1 heterocycles. The molecule has 0 saturated heterocycles. The maximum absolute atomic E-state index is 10.9. The summed E-state index contributed by atoms with van der Waals surface area (Å²) in [6.07, 6.45) is 6.34. The molecule has 1 saturated carbocycles. The first-order chi connectivity index (χ1) is 15.1. The van der Waals surface area contributed by atoms with Crippen LogP contribution >= 0.6 is 0 Å². The van der Waals surface area contributed by atoms with Crippen molar-refractivity contribution in [3.8, 4) is 16.9 Å². The summed E-state index contributed by atoms with van der Waals surface area (Å²) in [5.74, 6) is 1.78. The van der Waals surface area contributed by atoms with Crippen molar-refractivity contribution in [2.45, 2.75) is 38.0 Å². The number of hydrogen-bond donors (Lipinski definition) is 2. The smallest absolute Gasteiger partial charge is 0.303 e. The zero-order valence-electron chi connectivity index (χ0n) is 17.8. The highest BCUT2D eigenvalue weighted by molar-refractivity contribution is 5.67. The van der Waals surface area contributed by atoms with Gasteiger partial charge in [-0.3, -0.25) is 4.79 Å². The molecule has 1 aromatic heterocycles. The Balaban J connectivity index is 1.37. The average Bonchev–Trinajstić information content (AvgIpc) is 2.80. The molecule has 0 atom stereocenters. The molecule has 5 heteroatoms. The van der Waals surface area contributed by atoms with Gasteiger partial charge in [0.05, 0.1) is 7.11 Å². The summed E-state index contributed by atoms with van der Waals surface area (Å²) in [7, 11) is 1.65. The summed E-state index contributed by atoms with van der Waals surface area (Å²) in [6.45, 7) is 0. The number of pyridine rings is 1. The van der Waals surface area contributed by atoms with E-state index in [4.69, 9.17) is 9.84 Å². The van der Waals surface area contributed by atoms with Gasteiger partial charge >= 0.3 is 5.97 Å². The minimum absolute atomic E-state index is 0.307. The number of hydrogen-bond acceptors (Lipinski definition) is 4. The maximum atomic E-state index is 10.9. The van der Waals surface area contributed by atoms with Crippen LogP contribution in [0.1, 0.15) is 43.6 Å². The fraction of sp³-hybridized carbons (Fsp3) is 0.308. The molecule has 0 spiro atoms. The third-order valence-electron chi connectivity index (χ3n) is 6.13. The van der Waals surface area contributed by atoms with Crippen LogP contribution < -0.4 is 10.1 Å². The summed E-state index contributed by atoms with van der Waals surface area (Å²) >= 11 is 0. The molecule has 3 aromatic rings. The average molecular weight is 417 g/mol. The number of carboxylic acid groups (broad SMARTS) is 1. The Labute approximate surface area is 183 Å². The van der Waals surface area contributed by atoms with Crippen LogP contribution in [-0.2, 0) is 4.79 Å². The highest BCUT2D eigenvalue weighted by Crippen LogP contribution is 2.37. The van der Waals surface area contributed by atoms with Crippen LogP contribution in [0, 0.1) is 5.92 Å². The van der Waals surface area contributed by atoms with Gasteiger partial charge in [0.1, 0.15) is 11.6 Å². The van der Waals surface area contributed by atoms with Gasteiger partial charge in [0.15, 0.2) is 0 Å². The number of carboxylic acids is 1. The molecule has 1 aliphatic carbocycles. The molecule has 1 aliphatic rings. The summed E-state index contributed by atoms with van der Waals surface area (Å²) in [4.78, 5) is 15.5. The molecule has 160 valence electrons. The van der Waals surface area contributed by atoms with Crippen LogP contribution in [0.25, 0.3) is 11.1 Å². The number of carbonyl (C=O) groups is 1. The van der Waals surface area contributed by atoms with Crippen molar-refractivity contribution < 1.29 is 14.6 Å². The fourth-order valence-corrected chi connectivity index (χ4v) is 4.38. The van der Waals surface area contributed by atoms with Crippen molar-refractivity contribution in [2.75, 3.05) is 12.4 Å². The quantitative estimate of drug-likeness (QED) is 0.476. The van der Waals surface area contributed by atoms with Gasteiger partial charge in [-0.25, -0.2) is 4.98 Å². The first-order valence-corrected chi connectivity index (χ1v) is 10.8. The second kappa shape index (κ2) is 9.65. The van der Waals surface area contributed by atoms with Crippen molar-refractivity contribution in [1.82, 2.24) is 4.98 Å². The van der Waals surface area contributed by atoms with E-state index in [-0.39, 0.29) is 0 Å².